The smallest absolute Gasteiger partial charge is 0.305 e. The standard InChI is InChI=1S/C10H19NO3/c1-4-14-9(12)6-5-7-11-10(13)8(2)3/h8H,4-7H2,1-3H3,(H,11,13). The highest BCUT2D eigenvalue weighted by Gasteiger charge is 2.06. The van der Waals surface area contributed by atoms with Gasteiger partial charge in [-0.2, -0.15) is 0 Å². The second kappa shape index (κ2) is 7.35. The van der Waals surface area contributed by atoms with Crippen molar-refractivity contribution in [2.75, 3.05) is 13.2 Å². The SMILES string of the molecule is CCOC(=O)CCCNC(=O)C(C)C. The molecule has 0 fully saturated rings. The van der Waals surface area contributed by atoms with Gasteiger partial charge in [0.15, 0.2) is 0 Å². The second-order valence-electron chi connectivity index (χ2n) is 3.35. The van der Waals surface area contributed by atoms with Crippen LogP contribution in [0.4, 0.5) is 0 Å². The zero-order valence-electron chi connectivity index (χ0n) is 9.13. The summed E-state index contributed by atoms with van der Waals surface area (Å²) in [5.74, 6) is -0.183. The van der Waals surface area contributed by atoms with E-state index in [2.05, 4.69) is 5.32 Å². The normalized spacial score (nSPS) is 10.0. The van der Waals surface area contributed by atoms with Gasteiger partial charge < -0.3 is 10.1 Å². The van der Waals surface area contributed by atoms with Gasteiger partial charge in [0.2, 0.25) is 5.91 Å². The minimum absolute atomic E-state index is 0.00223. The lowest BCUT2D eigenvalue weighted by molar-refractivity contribution is -0.143. The first-order chi connectivity index (χ1) is 6.57. The fraction of sp³-hybridized carbons (Fsp3) is 0.800. The molecule has 4 nitrogen and oxygen atoms in total. The molecule has 82 valence electrons. The number of esters is 1. The van der Waals surface area contributed by atoms with Crippen LogP contribution >= 0.6 is 0 Å². The third-order valence-corrected chi connectivity index (χ3v) is 1.69. The zero-order valence-corrected chi connectivity index (χ0v) is 9.13. The predicted octanol–water partition coefficient (Wildman–Crippen LogP) is 1.10. The van der Waals surface area contributed by atoms with Crippen LogP contribution in [-0.4, -0.2) is 25.0 Å². The van der Waals surface area contributed by atoms with Crippen LogP contribution in [0.25, 0.3) is 0 Å². The van der Waals surface area contributed by atoms with Crippen molar-refractivity contribution in [3.8, 4) is 0 Å². The molecule has 0 aliphatic rings. The Kier molecular flexibility index (Phi) is 6.80. The summed E-state index contributed by atoms with van der Waals surface area (Å²) in [4.78, 5) is 22.0. The summed E-state index contributed by atoms with van der Waals surface area (Å²) in [7, 11) is 0. The second-order valence-corrected chi connectivity index (χ2v) is 3.35. The van der Waals surface area contributed by atoms with Crippen molar-refractivity contribution in [2.45, 2.75) is 33.6 Å². The van der Waals surface area contributed by atoms with E-state index in [1.807, 2.05) is 13.8 Å². The Morgan fingerprint density at radius 3 is 2.50 bits per heavy atom. The molecule has 0 rings (SSSR count). The van der Waals surface area contributed by atoms with Crippen LogP contribution in [0.5, 0.6) is 0 Å². The molecule has 0 saturated heterocycles. The fourth-order valence-electron chi connectivity index (χ4n) is 0.882. The Balaban J connectivity index is 3.38. The maximum Gasteiger partial charge on any atom is 0.305 e. The third-order valence-electron chi connectivity index (χ3n) is 1.69. The first kappa shape index (κ1) is 12.9. The monoisotopic (exact) mass is 201 g/mol. The lowest BCUT2D eigenvalue weighted by Gasteiger charge is -2.06. The predicted molar refractivity (Wildman–Crippen MR) is 53.7 cm³/mol. The highest BCUT2D eigenvalue weighted by molar-refractivity contribution is 5.77. The molecule has 0 heterocycles. The number of carbonyl (C=O) groups is 2. The van der Waals surface area contributed by atoms with Gasteiger partial charge in [-0.3, -0.25) is 9.59 Å². The molecule has 0 aromatic carbocycles. The van der Waals surface area contributed by atoms with Crippen LogP contribution in [0.1, 0.15) is 33.6 Å². The molecular formula is C10H19NO3. The summed E-state index contributed by atoms with van der Waals surface area (Å²) in [6, 6.07) is 0. The summed E-state index contributed by atoms with van der Waals surface area (Å²) in [5.41, 5.74) is 0. The molecule has 4 heteroatoms. The maximum atomic E-state index is 11.1. The van der Waals surface area contributed by atoms with Crippen molar-refractivity contribution in [1.82, 2.24) is 5.32 Å². The molecule has 0 aliphatic heterocycles. The molecule has 0 unspecified atom stereocenters. The van der Waals surface area contributed by atoms with Gasteiger partial charge in [0.05, 0.1) is 6.61 Å². The Morgan fingerprint density at radius 2 is 2.00 bits per heavy atom. The van der Waals surface area contributed by atoms with E-state index >= 15 is 0 Å². The first-order valence-corrected chi connectivity index (χ1v) is 5.01. The molecule has 0 saturated carbocycles. The zero-order chi connectivity index (χ0) is 11.0. The molecule has 14 heavy (non-hydrogen) atoms. The quantitative estimate of drug-likeness (QED) is 0.517. The minimum atomic E-state index is -0.203. The van der Waals surface area contributed by atoms with E-state index in [4.69, 9.17) is 4.74 Å². The fourth-order valence-corrected chi connectivity index (χ4v) is 0.882. The summed E-state index contributed by atoms with van der Waals surface area (Å²) in [6.45, 7) is 6.40. The van der Waals surface area contributed by atoms with E-state index in [0.29, 0.717) is 26.0 Å². The van der Waals surface area contributed by atoms with E-state index < -0.39 is 0 Å². The number of nitrogens with one attached hydrogen (secondary N) is 1. The molecule has 0 aliphatic carbocycles. The van der Waals surface area contributed by atoms with Crippen molar-refractivity contribution < 1.29 is 14.3 Å². The van der Waals surface area contributed by atoms with E-state index in [9.17, 15) is 9.59 Å². The summed E-state index contributed by atoms with van der Waals surface area (Å²) < 4.78 is 4.74. The van der Waals surface area contributed by atoms with Gasteiger partial charge in [-0.05, 0) is 13.3 Å². The highest BCUT2D eigenvalue weighted by Crippen LogP contribution is 1.94. The lowest BCUT2D eigenvalue weighted by atomic mass is 10.2. The van der Waals surface area contributed by atoms with E-state index in [0.717, 1.165) is 0 Å². The summed E-state index contributed by atoms with van der Waals surface area (Å²) in [6.07, 6.45) is 1.00. The number of hydrogen-bond acceptors (Lipinski definition) is 3. The molecule has 0 bridgehead atoms. The maximum absolute atomic E-state index is 11.1. The van der Waals surface area contributed by atoms with Gasteiger partial charge in [-0.1, -0.05) is 13.8 Å². The first-order valence-electron chi connectivity index (χ1n) is 5.01. The Morgan fingerprint density at radius 1 is 1.36 bits per heavy atom. The molecule has 0 aromatic heterocycles. The van der Waals surface area contributed by atoms with Crippen molar-refractivity contribution in [1.29, 1.82) is 0 Å². The van der Waals surface area contributed by atoms with Crippen LogP contribution in [0.3, 0.4) is 0 Å². The minimum Gasteiger partial charge on any atom is -0.466 e. The van der Waals surface area contributed by atoms with Crippen LogP contribution in [-0.2, 0) is 14.3 Å². The number of amides is 1. The molecule has 0 radical (unpaired) electrons. The van der Waals surface area contributed by atoms with Gasteiger partial charge >= 0.3 is 5.97 Å². The number of carbonyl (C=O) groups excluding carboxylic acids is 2. The van der Waals surface area contributed by atoms with Gasteiger partial charge in [-0.25, -0.2) is 0 Å². The number of rotatable bonds is 6. The lowest BCUT2D eigenvalue weighted by Crippen LogP contribution is -2.28. The van der Waals surface area contributed by atoms with Gasteiger partial charge in [-0.15, -0.1) is 0 Å². The summed E-state index contributed by atoms with van der Waals surface area (Å²) in [5, 5.41) is 2.73. The molecule has 0 atom stereocenters. The number of ether oxygens (including phenoxy) is 1. The highest BCUT2D eigenvalue weighted by atomic mass is 16.5. The molecular weight excluding hydrogens is 182 g/mol. The van der Waals surface area contributed by atoms with Gasteiger partial charge in [0.25, 0.3) is 0 Å². The van der Waals surface area contributed by atoms with E-state index in [-0.39, 0.29) is 17.8 Å². The van der Waals surface area contributed by atoms with Crippen molar-refractivity contribution in [3.63, 3.8) is 0 Å². The number of hydrogen-bond donors (Lipinski definition) is 1. The van der Waals surface area contributed by atoms with Crippen molar-refractivity contribution in [3.05, 3.63) is 0 Å². The van der Waals surface area contributed by atoms with Crippen molar-refractivity contribution in [2.24, 2.45) is 5.92 Å². The topological polar surface area (TPSA) is 55.4 Å². The Bertz CT molecular complexity index is 190. The third kappa shape index (κ3) is 6.46. The van der Waals surface area contributed by atoms with Gasteiger partial charge in [0.1, 0.15) is 0 Å². The Hall–Kier alpha value is -1.06. The van der Waals surface area contributed by atoms with Gasteiger partial charge in [0, 0.05) is 18.9 Å². The summed E-state index contributed by atoms with van der Waals surface area (Å²) >= 11 is 0. The Labute approximate surface area is 85.0 Å². The van der Waals surface area contributed by atoms with Crippen LogP contribution in [0, 0.1) is 5.92 Å². The van der Waals surface area contributed by atoms with Crippen LogP contribution in [0.2, 0.25) is 0 Å². The van der Waals surface area contributed by atoms with E-state index in [1.165, 1.54) is 0 Å². The average Bonchev–Trinajstić information content (AvgIpc) is 2.12. The largest absolute Gasteiger partial charge is 0.466 e. The molecule has 1 amide bonds. The van der Waals surface area contributed by atoms with E-state index in [1.54, 1.807) is 6.92 Å². The van der Waals surface area contributed by atoms with Crippen LogP contribution in [0.15, 0.2) is 0 Å². The molecule has 1 N–H and O–H groups in total. The van der Waals surface area contributed by atoms with Crippen molar-refractivity contribution >= 4 is 11.9 Å². The molecule has 0 aromatic rings. The average molecular weight is 201 g/mol. The molecule has 0 spiro atoms. The van der Waals surface area contributed by atoms with Crippen LogP contribution < -0.4 is 5.32 Å².